The van der Waals surface area contributed by atoms with Gasteiger partial charge < -0.3 is 9.47 Å². The van der Waals surface area contributed by atoms with E-state index in [1.54, 1.807) is 22.6 Å². The van der Waals surface area contributed by atoms with E-state index in [1.807, 2.05) is 0 Å². The Morgan fingerprint density at radius 3 is 2.50 bits per heavy atom. The maximum absolute atomic E-state index is 13.2. The number of halogens is 3. The van der Waals surface area contributed by atoms with Crippen molar-refractivity contribution in [3.05, 3.63) is 42.1 Å². The first-order chi connectivity index (χ1) is 7.63. The molecule has 2 rings (SSSR count). The molecule has 0 fully saturated rings. The molecule has 0 atom stereocenters. The SMILES string of the molecule is FC(F)(CI)c1ccc(C2OC=CO2)cn1. The predicted molar refractivity (Wildman–Crippen MR) is 61.1 cm³/mol. The minimum absolute atomic E-state index is 0.239. The van der Waals surface area contributed by atoms with Gasteiger partial charge in [0.2, 0.25) is 0 Å². The molecule has 0 radical (unpaired) electrons. The lowest BCUT2D eigenvalue weighted by Gasteiger charge is -2.14. The van der Waals surface area contributed by atoms with E-state index in [9.17, 15) is 8.78 Å². The Balaban J connectivity index is 2.16. The molecule has 0 amide bonds. The van der Waals surface area contributed by atoms with Crippen molar-refractivity contribution in [2.24, 2.45) is 0 Å². The number of ether oxygens (including phenoxy) is 2. The minimum Gasteiger partial charge on any atom is -0.455 e. The van der Waals surface area contributed by atoms with Gasteiger partial charge in [0.05, 0.1) is 9.99 Å². The first-order valence-electron chi connectivity index (χ1n) is 4.49. The smallest absolute Gasteiger partial charge is 0.298 e. The van der Waals surface area contributed by atoms with E-state index in [-0.39, 0.29) is 10.1 Å². The highest BCUT2D eigenvalue weighted by molar-refractivity contribution is 14.1. The summed E-state index contributed by atoms with van der Waals surface area (Å²) in [5.74, 6) is -2.89. The third-order valence-corrected chi connectivity index (χ3v) is 3.02. The van der Waals surface area contributed by atoms with Gasteiger partial charge >= 0.3 is 0 Å². The van der Waals surface area contributed by atoms with Gasteiger partial charge in [-0.1, -0.05) is 22.6 Å². The van der Waals surface area contributed by atoms with Gasteiger partial charge in [0.1, 0.15) is 18.2 Å². The van der Waals surface area contributed by atoms with Crippen LogP contribution < -0.4 is 0 Å². The summed E-state index contributed by atoms with van der Waals surface area (Å²) < 4.78 is 36.3. The van der Waals surface area contributed by atoms with E-state index >= 15 is 0 Å². The maximum Gasteiger partial charge on any atom is 0.298 e. The average molecular weight is 339 g/mol. The van der Waals surface area contributed by atoms with Gasteiger partial charge in [0.15, 0.2) is 0 Å². The molecule has 0 saturated heterocycles. The summed E-state index contributed by atoms with van der Waals surface area (Å²) in [6, 6.07) is 2.82. The van der Waals surface area contributed by atoms with E-state index in [1.165, 1.54) is 30.9 Å². The van der Waals surface area contributed by atoms with Crippen molar-refractivity contribution >= 4 is 22.6 Å². The number of hydrogen-bond acceptors (Lipinski definition) is 3. The lowest BCUT2D eigenvalue weighted by molar-refractivity contribution is -0.0252. The van der Waals surface area contributed by atoms with Crippen LogP contribution in [0.25, 0.3) is 0 Å². The zero-order chi connectivity index (χ0) is 11.6. The zero-order valence-corrected chi connectivity index (χ0v) is 10.2. The van der Waals surface area contributed by atoms with Crippen LogP contribution in [0.2, 0.25) is 0 Å². The molecule has 3 nitrogen and oxygen atoms in total. The quantitative estimate of drug-likeness (QED) is 0.626. The normalized spacial score (nSPS) is 15.9. The van der Waals surface area contributed by atoms with Gasteiger partial charge in [-0.15, -0.1) is 0 Å². The van der Waals surface area contributed by atoms with Crippen LogP contribution in [0, 0.1) is 0 Å². The largest absolute Gasteiger partial charge is 0.455 e. The van der Waals surface area contributed by atoms with E-state index < -0.39 is 12.2 Å². The second kappa shape index (κ2) is 4.52. The lowest BCUT2D eigenvalue weighted by atomic mass is 10.2. The number of hydrogen-bond donors (Lipinski definition) is 0. The highest BCUT2D eigenvalue weighted by atomic mass is 127. The summed E-state index contributed by atoms with van der Waals surface area (Å²) in [6.07, 6.45) is 3.57. The Hall–Kier alpha value is -0.920. The van der Waals surface area contributed by atoms with E-state index in [0.717, 1.165) is 0 Å². The molecule has 1 aliphatic rings. The Morgan fingerprint density at radius 1 is 1.31 bits per heavy atom. The van der Waals surface area contributed by atoms with Crippen LogP contribution in [0.1, 0.15) is 17.5 Å². The van der Waals surface area contributed by atoms with E-state index in [4.69, 9.17) is 9.47 Å². The fourth-order valence-electron chi connectivity index (χ4n) is 1.23. The van der Waals surface area contributed by atoms with E-state index in [0.29, 0.717) is 5.56 Å². The molecule has 1 aliphatic heterocycles. The Labute approximate surface area is 105 Å². The molecule has 1 aromatic rings. The molecule has 0 unspecified atom stereocenters. The van der Waals surface area contributed by atoms with Crippen molar-refractivity contribution < 1.29 is 18.3 Å². The van der Waals surface area contributed by atoms with Crippen LogP contribution in [0.4, 0.5) is 8.78 Å². The summed E-state index contributed by atoms with van der Waals surface area (Å²) in [6.45, 7) is 0. The summed E-state index contributed by atoms with van der Waals surface area (Å²) in [5.41, 5.74) is 0.370. The first-order valence-corrected chi connectivity index (χ1v) is 6.02. The van der Waals surface area contributed by atoms with Crippen molar-refractivity contribution in [3.63, 3.8) is 0 Å². The predicted octanol–water partition coefficient (Wildman–Crippen LogP) is 3.13. The van der Waals surface area contributed by atoms with Gasteiger partial charge in [-0.25, -0.2) is 0 Å². The monoisotopic (exact) mass is 339 g/mol. The molecule has 16 heavy (non-hydrogen) atoms. The number of aromatic nitrogens is 1. The van der Waals surface area contributed by atoms with Crippen LogP contribution in [0.15, 0.2) is 30.9 Å². The second-order valence-electron chi connectivity index (χ2n) is 3.19. The van der Waals surface area contributed by atoms with Crippen molar-refractivity contribution in [3.8, 4) is 0 Å². The van der Waals surface area contributed by atoms with Crippen LogP contribution in [0.3, 0.4) is 0 Å². The van der Waals surface area contributed by atoms with Crippen LogP contribution in [-0.2, 0) is 15.4 Å². The molecular weight excluding hydrogens is 331 g/mol. The third-order valence-electron chi connectivity index (χ3n) is 2.06. The molecule has 6 heteroatoms. The number of nitrogens with zero attached hydrogens (tertiary/aromatic N) is 1. The van der Waals surface area contributed by atoms with Gasteiger partial charge in [-0.05, 0) is 12.1 Å². The Kier molecular flexibility index (Phi) is 3.27. The van der Waals surface area contributed by atoms with Crippen molar-refractivity contribution in [1.29, 1.82) is 0 Å². The average Bonchev–Trinajstić information content (AvgIpc) is 2.83. The highest BCUT2D eigenvalue weighted by Gasteiger charge is 2.31. The van der Waals surface area contributed by atoms with Crippen LogP contribution in [-0.4, -0.2) is 9.41 Å². The molecular formula is C10H8F2INO2. The number of alkyl halides is 3. The van der Waals surface area contributed by atoms with Gasteiger partial charge in [-0.3, -0.25) is 4.98 Å². The molecule has 86 valence electrons. The highest BCUT2D eigenvalue weighted by Crippen LogP contribution is 2.30. The molecule has 0 spiro atoms. The summed E-state index contributed by atoms with van der Waals surface area (Å²) in [5, 5.41) is 0. The topological polar surface area (TPSA) is 31.4 Å². The van der Waals surface area contributed by atoms with Crippen LogP contribution >= 0.6 is 22.6 Å². The summed E-state index contributed by atoms with van der Waals surface area (Å²) in [7, 11) is 0. The second-order valence-corrected chi connectivity index (χ2v) is 3.95. The van der Waals surface area contributed by atoms with Crippen molar-refractivity contribution in [2.75, 3.05) is 4.43 Å². The summed E-state index contributed by atoms with van der Waals surface area (Å²) >= 11 is 1.63. The molecule has 1 aromatic heterocycles. The van der Waals surface area contributed by atoms with Gasteiger partial charge in [-0.2, -0.15) is 8.78 Å². The molecule has 2 heterocycles. The fourth-order valence-corrected chi connectivity index (χ4v) is 1.62. The van der Waals surface area contributed by atoms with Gasteiger partial charge in [0, 0.05) is 6.20 Å². The number of pyridine rings is 1. The molecule has 0 saturated carbocycles. The van der Waals surface area contributed by atoms with E-state index in [2.05, 4.69) is 4.98 Å². The minimum atomic E-state index is -2.89. The lowest BCUT2D eigenvalue weighted by Crippen LogP contribution is -2.17. The zero-order valence-electron chi connectivity index (χ0n) is 8.07. The molecule has 0 N–H and O–H groups in total. The standard InChI is InChI=1S/C10H8F2INO2/c11-10(12,6-13)8-2-1-7(5-14-8)9-15-3-4-16-9/h1-5,9H,6H2. The molecule has 0 aromatic carbocycles. The van der Waals surface area contributed by atoms with Crippen LogP contribution in [0.5, 0.6) is 0 Å². The first kappa shape index (κ1) is 11.6. The maximum atomic E-state index is 13.2. The number of rotatable bonds is 3. The Morgan fingerprint density at radius 2 is 2.00 bits per heavy atom. The third kappa shape index (κ3) is 2.26. The fraction of sp³-hybridized carbons (Fsp3) is 0.300. The molecule has 0 aliphatic carbocycles. The van der Waals surface area contributed by atoms with Gasteiger partial charge in [0.25, 0.3) is 12.2 Å². The summed E-state index contributed by atoms with van der Waals surface area (Å²) in [4.78, 5) is 3.72. The van der Waals surface area contributed by atoms with Crippen molar-refractivity contribution in [2.45, 2.75) is 12.2 Å². The molecule has 0 bridgehead atoms. The Bertz CT molecular complexity index is 386. The van der Waals surface area contributed by atoms with Crippen molar-refractivity contribution in [1.82, 2.24) is 4.98 Å².